The molecule has 21 heavy (non-hydrogen) atoms. The standard InChI is InChI=1S/C13H9NO3.C3H6O/c15-13(10-5-2-1-3-6-10)11-7-4-8-12(9-11)14(16)17;1-2-3-4/h1-9H;3H,2H2,1H3. The van der Waals surface area contributed by atoms with Crippen molar-refractivity contribution in [2.24, 2.45) is 0 Å². The van der Waals surface area contributed by atoms with Crippen molar-refractivity contribution in [3.8, 4) is 0 Å². The predicted octanol–water partition coefficient (Wildman–Crippen LogP) is 3.42. The van der Waals surface area contributed by atoms with Gasteiger partial charge in [-0.05, 0) is 0 Å². The first-order chi connectivity index (χ1) is 10.1. The van der Waals surface area contributed by atoms with Gasteiger partial charge in [0.2, 0.25) is 0 Å². The number of aldehydes is 1. The van der Waals surface area contributed by atoms with Crippen LogP contribution in [0.1, 0.15) is 29.3 Å². The van der Waals surface area contributed by atoms with Crippen LogP contribution in [0.25, 0.3) is 0 Å². The lowest BCUT2D eigenvalue weighted by Gasteiger charge is -2.00. The summed E-state index contributed by atoms with van der Waals surface area (Å²) < 4.78 is 0. The average molecular weight is 285 g/mol. The Morgan fingerprint density at radius 2 is 1.67 bits per heavy atom. The van der Waals surface area contributed by atoms with E-state index in [2.05, 4.69) is 0 Å². The van der Waals surface area contributed by atoms with E-state index in [1.165, 1.54) is 18.2 Å². The molecule has 0 spiro atoms. The largest absolute Gasteiger partial charge is 0.303 e. The van der Waals surface area contributed by atoms with Gasteiger partial charge >= 0.3 is 0 Å². The summed E-state index contributed by atoms with van der Waals surface area (Å²) in [5.41, 5.74) is 0.769. The van der Waals surface area contributed by atoms with Crippen molar-refractivity contribution in [1.29, 1.82) is 0 Å². The first-order valence-corrected chi connectivity index (χ1v) is 6.38. The van der Waals surface area contributed by atoms with Crippen molar-refractivity contribution in [2.75, 3.05) is 0 Å². The van der Waals surface area contributed by atoms with Crippen LogP contribution < -0.4 is 0 Å². The molecule has 0 unspecified atom stereocenters. The maximum absolute atomic E-state index is 12.0. The number of nitrogens with zero attached hydrogens (tertiary/aromatic N) is 1. The molecule has 0 aliphatic carbocycles. The maximum Gasteiger partial charge on any atom is 0.270 e. The molecular weight excluding hydrogens is 270 g/mol. The molecule has 0 aliphatic rings. The van der Waals surface area contributed by atoms with E-state index < -0.39 is 4.92 Å². The number of hydrogen-bond acceptors (Lipinski definition) is 4. The number of hydrogen-bond donors (Lipinski definition) is 0. The van der Waals surface area contributed by atoms with Gasteiger partial charge in [-0.15, -0.1) is 0 Å². The number of benzene rings is 2. The van der Waals surface area contributed by atoms with Gasteiger partial charge in [-0.25, -0.2) is 0 Å². The first kappa shape index (κ1) is 16.2. The highest BCUT2D eigenvalue weighted by atomic mass is 16.6. The Balaban J connectivity index is 0.000000491. The predicted molar refractivity (Wildman–Crippen MR) is 79.3 cm³/mol. The molecule has 5 heteroatoms. The Labute approximate surface area is 122 Å². The summed E-state index contributed by atoms with van der Waals surface area (Å²) in [5.74, 6) is -0.214. The topological polar surface area (TPSA) is 77.3 Å². The second-order valence-corrected chi connectivity index (χ2v) is 4.08. The van der Waals surface area contributed by atoms with Crippen LogP contribution in [0, 0.1) is 10.1 Å². The molecule has 0 aliphatic heterocycles. The highest BCUT2D eigenvalue weighted by Crippen LogP contribution is 2.16. The molecule has 0 aromatic heterocycles. The van der Waals surface area contributed by atoms with E-state index in [9.17, 15) is 19.7 Å². The molecule has 0 amide bonds. The zero-order chi connectivity index (χ0) is 15.7. The molecule has 0 bridgehead atoms. The van der Waals surface area contributed by atoms with E-state index in [1.54, 1.807) is 30.3 Å². The third-order valence-electron chi connectivity index (χ3n) is 2.52. The van der Waals surface area contributed by atoms with Crippen LogP contribution in [0.2, 0.25) is 0 Å². The summed E-state index contributed by atoms with van der Waals surface area (Å²) >= 11 is 0. The van der Waals surface area contributed by atoms with E-state index >= 15 is 0 Å². The van der Waals surface area contributed by atoms with E-state index in [-0.39, 0.29) is 11.5 Å². The van der Waals surface area contributed by atoms with Gasteiger partial charge < -0.3 is 4.79 Å². The van der Waals surface area contributed by atoms with Crippen LogP contribution in [0.3, 0.4) is 0 Å². The van der Waals surface area contributed by atoms with Gasteiger partial charge in [-0.1, -0.05) is 49.4 Å². The van der Waals surface area contributed by atoms with Gasteiger partial charge in [-0.2, -0.15) is 0 Å². The lowest BCUT2D eigenvalue weighted by atomic mass is 10.0. The summed E-state index contributed by atoms with van der Waals surface area (Å²) in [6.07, 6.45) is 1.51. The molecule has 108 valence electrons. The highest BCUT2D eigenvalue weighted by molar-refractivity contribution is 6.09. The lowest BCUT2D eigenvalue weighted by Crippen LogP contribution is -2.01. The lowest BCUT2D eigenvalue weighted by molar-refractivity contribution is -0.384. The zero-order valence-electron chi connectivity index (χ0n) is 11.6. The second-order valence-electron chi connectivity index (χ2n) is 4.08. The van der Waals surface area contributed by atoms with Crippen molar-refractivity contribution >= 4 is 17.8 Å². The van der Waals surface area contributed by atoms with Crippen LogP contribution >= 0.6 is 0 Å². The van der Waals surface area contributed by atoms with Crippen molar-refractivity contribution < 1.29 is 14.5 Å². The average Bonchev–Trinajstić information content (AvgIpc) is 2.55. The molecule has 0 saturated heterocycles. The zero-order valence-corrected chi connectivity index (χ0v) is 11.6. The van der Waals surface area contributed by atoms with Gasteiger partial charge in [0, 0.05) is 29.7 Å². The van der Waals surface area contributed by atoms with E-state index in [0.717, 1.165) is 6.29 Å². The van der Waals surface area contributed by atoms with Crippen LogP contribution in [0.5, 0.6) is 0 Å². The molecule has 0 fully saturated rings. The molecule has 0 saturated carbocycles. The molecule has 0 atom stereocenters. The minimum absolute atomic E-state index is 0.0771. The van der Waals surface area contributed by atoms with Crippen LogP contribution in [0.4, 0.5) is 5.69 Å². The van der Waals surface area contributed by atoms with Crippen LogP contribution in [0.15, 0.2) is 54.6 Å². The molecule has 2 aromatic carbocycles. The quantitative estimate of drug-likeness (QED) is 0.373. The minimum Gasteiger partial charge on any atom is -0.303 e. The normalized spacial score (nSPS) is 9.19. The third-order valence-corrected chi connectivity index (χ3v) is 2.52. The fourth-order valence-electron chi connectivity index (χ4n) is 1.52. The molecule has 0 heterocycles. The van der Waals surface area contributed by atoms with E-state index in [1.807, 2.05) is 13.0 Å². The Morgan fingerprint density at radius 1 is 1.10 bits per heavy atom. The molecule has 2 rings (SSSR count). The smallest absolute Gasteiger partial charge is 0.270 e. The SMILES string of the molecule is CCC=O.O=C(c1ccccc1)c1cccc([N+](=O)[O-])c1. The Kier molecular flexibility index (Phi) is 6.47. The van der Waals surface area contributed by atoms with Crippen LogP contribution in [-0.4, -0.2) is 17.0 Å². The number of non-ortho nitro benzene ring substituents is 1. The monoisotopic (exact) mass is 285 g/mol. The Bertz CT molecular complexity index is 623. The van der Waals surface area contributed by atoms with Gasteiger partial charge in [0.1, 0.15) is 6.29 Å². The number of nitro groups is 1. The fourth-order valence-corrected chi connectivity index (χ4v) is 1.52. The fraction of sp³-hybridized carbons (Fsp3) is 0.125. The highest BCUT2D eigenvalue weighted by Gasteiger charge is 2.12. The summed E-state index contributed by atoms with van der Waals surface area (Å²) in [6, 6.07) is 14.4. The van der Waals surface area contributed by atoms with Gasteiger partial charge in [-0.3, -0.25) is 14.9 Å². The summed E-state index contributed by atoms with van der Waals surface area (Å²) in [6.45, 7) is 1.81. The Morgan fingerprint density at radius 3 is 2.19 bits per heavy atom. The number of carbonyl (C=O) groups excluding carboxylic acids is 2. The molecular formula is C16H15NO4. The first-order valence-electron chi connectivity index (χ1n) is 6.38. The van der Waals surface area contributed by atoms with Gasteiger partial charge in [0.25, 0.3) is 5.69 Å². The molecule has 2 aromatic rings. The number of rotatable bonds is 4. The number of ketones is 1. The van der Waals surface area contributed by atoms with E-state index in [4.69, 9.17) is 0 Å². The molecule has 5 nitrogen and oxygen atoms in total. The van der Waals surface area contributed by atoms with Crippen molar-refractivity contribution in [3.05, 3.63) is 75.8 Å². The summed E-state index contributed by atoms with van der Waals surface area (Å²) in [5, 5.41) is 10.6. The second kappa shape index (κ2) is 8.37. The maximum atomic E-state index is 12.0. The summed E-state index contributed by atoms with van der Waals surface area (Å²) in [7, 11) is 0. The van der Waals surface area contributed by atoms with Crippen LogP contribution in [-0.2, 0) is 4.79 Å². The molecule has 0 radical (unpaired) electrons. The van der Waals surface area contributed by atoms with Crippen molar-refractivity contribution in [1.82, 2.24) is 0 Å². The number of nitro benzene ring substituents is 1. The van der Waals surface area contributed by atoms with Crippen molar-refractivity contribution in [2.45, 2.75) is 13.3 Å². The van der Waals surface area contributed by atoms with Crippen molar-refractivity contribution in [3.63, 3.8) is 0 Å². The summed E-state index contributed by atoms with van der Waals surface area (Å²) in [4.78, 5) is 31.3. The Hall–Kier alpha value is -2.82. The van der Waals surface area contributed by atoms with E-state index in [0.29, 0.717) is 17.5 Å². The third kappa shape index (κ3) is 4.99. The molecule has 0 N–H and O–H groups in total. The van der Waals surface area contributed by atoms with Gasteiger partial charge in [0.05, 0.1) is 4.92 Å². The minimum atomic E-state index is -0.512. The van der Waals surface area contributed by atoms with Gasteiger partial charge in [0.15, 0.2) is 5.78 Å². The number of carbonyl (C=O) groups is 2.